The fourth-order valence-corrected chi connectivity index (χ4v) is 2.91. The predicted octanol–water partition coefficient (Wildman–Crippen LogP) is 2.17. The van der Waals surface area contributed by atoms with Crippen molar-refractivity contribution >= 4 is 5.91 Å². The van der Waals surface area contributed by atoms with Crippen molar-refractivity contribution < 1.29 is 9.53 Å². The third-order valence-electron chi connectivity index (χ3n) is 4.02. The summed E-state index contributed by atoms with van der Waals surface area (Å²) >= 11 is 0. The second kappa shape index (κ2) is 6.27. The summed E-state index contributed by atoms with van der Waals surface area (Å²) in [7, 11) is 1.68. The molecule has 1 aliphatic carbocycles. The Morgan fingerprint density at radius 3 is 2.80 bits per heavy atom. The molecule has 0 aromatic heterocycles. The van der Waals surface area contributed by atoms with Crippen LogP contribution in [0.5, 0.6) is 5.75 Å². The lowest BCUT2D eigenvalue weighted by molar-refractivity contribution is -0.121. The van der Waals surface area contributed by atoms with Gasteiger partial charge in [0.05, 0.1) is 13.2 Å². The zero-order chi connectivity index (χ0) is 14.7. The summed E-state index contributed by atoms with van der Waals surface area (Å²) in [6, 6.07) is 6.09. The number of ether oxygens (including phenoxy) is 1. The largest absolute Gasteiger partial charge is 0.497 e. The molecule has 0 saturated carbocycles. The number of hydrogen-bond acceptors (Lipinski definition) is 3. The maximum atomic E-state index is 11.6. The number of benzene rings is 1. The average molecular weight is 276 g/mol. The third-order valence-corrected chi connectivity index (χ3v) is 4.02. The van der Waals surface area contributed by atoms with Crippen molar-refractivity contribution in [1.82, 2.24) is 5.32 Å². The number of hydrogen-bond donors (Lipinski definition) is 2. The molecule has 0 aliphatic heterocycles. The molecule has 4 nitrogen and oxygen atoms in total. The SMILES string of the molecule is COc1ccc2c(c1)CCCC2NC(C(N)=O)C(C)C. The van der Waals surface area contributed by atoms with Crippen molar-refractivity contribution in [2.75, 3.05) is 7.11 Å². The van der Waals surface area contributed by atoms with Gasteiger partial charge in [-0.15, -0.1) is 0 Å². The number of carbonyl (C=O) groups is 1. The molecule has 0 radical (unpaired) electrons. The second-order valence-electron chi connectivity index (χ2n) is 5.80. The zero-order valence-electron chi connectivity index (χ0n) is 12.5. The number of nitrogens with one attached hydrogen (secondary N) is 1. The van der Waals surface area contributed by atoms with Crippen LogP contribution in [0.25, 0.3) is 0 Å². The summed E-state index contributed by atoms with van der Waals surface area (Å²) < 4.78 is 5.28. The predicted molar refractivity (Wildman–Crippen MR) is 79.6 cm³/mol. The Bertz CT molecular complexity index is 485. The first kappa shape index (κ1) is 14.9. The van der Waals surface area contributed by atoms with Gasteiger partial charge < -0.3 is 10.5 Å². The van der Waals surface area contributed by atoms with Crippen LogP contribution in [0.3, 0.4) is 0 Å². The molecule has 0 saturated heterocycles. The molecule has 2 atom stereocenters. The Morgan fingerprint density at radius 2 is 2.20 bits per heavy atom. The average Bonchev–Trinajstić information content (AvgIpc) is 2.43. The Kier molecular flexibility index (Phi) is 4.65. The van der Waals surface area contributed by atoms with Crippen molar-refractivity contribution in [1.29, 1.82) is 0 Å². The number of amides is 1. The van der Waals surface area contributed by atoms with Crippen molar-refractivity contribution in [3.8, 4) is 5.75 Å². The number of rotatable bonds is 5. The Morgan fingerprint density at radius 1 is 1.45 bits per heavy atom. The van der Waals surface area contributed by atoms with Crippen LogP contribution in [0.4, 0.5) is 0 Å². The fourth-order valence-electron chi connectivity index (χ4n) is 2.91. The Balaban J connectivity index is 2.21. The first-order chi connectivity index (χ1) is 9.52. The molecule has 1 aromatic carbocycles. The third kappa shape index (κ3) is 3.12. The molecule has 2 unspecified atom stereocenters. The van der Waals surface area contributed by atoms with Gasteiger partial charge in [-0.3, -0.25) is 10.1 Å². The van der Waals surface area contributed by atoms with Gasteiger partial charge in [0.1, 0.15) is 5.75 Å². The van der Waals surface area contributed by atoms with Gasteiger partial charge in [0.2, 0.25) is 5.91 Å². The molecular weight excluding hydrogens is 252 g/mol. The van der Waals surface area contributed by atoms with Gasteiger partial charge in [0, 0.05) is 6.04 Å². The molecule has 1 amide bonds. The van der Waals surface area contributed by atoms with Crippen molar-refractivity contribution in [3.63, 3.8) is 0 Å². The van der Waals surface area contributed by atoms with Gasteiger partial charge in [0.25, 0.3) is 0 Å². The van der Waals surface area contributed by atoms with Crippen LogP contribution >= 0.6 is 0 Å². The van der Waals surface area contributed by atoms with Gasteiger partial charge in [-0.2, -0.15) is 0 Å². The van der Waals surface area contributed by atoms with Crippen LogP contribution in [-0.2, 0) is 11.2 Å². The highest BCUT2D eigenvalue weighted by Gasteiger charge is 2.27. The smallest absolute Gasteiger partial charge is 0.234 e. The Hall–Kier alpha value is -1.55. The summed E-state index contributed by atoms with van der Waals surface area (Å²) in [6.45, 7) is 4.03. The van der Waals surface area contributed by atoms with Crippen LogP contribution < -0.4 is 15.8 Å². The molecule has 0 fully saturated rings. The second-order valence-corrected chi connectivity index (χ2v) is 5.80. The topological polar surface area (TPSA) is 64.3 Å². The van der Waals surface area contributed by atoms with Crippen LogP contribution in [-0.4, -0.2) is 19.1 Å². The highest BCUT2D eigenvalue weighted by atomic mass is 16.5. The lowest BCUT2D eigenvalue weighted by Crippen LogP contribution is -2.47. The minimum absolute atomic E-state index is 0.191. The minimum atomic E-state index is -0.284. The molecular formula is C16H24N2O2. The van der Waals surface area contributed by atoms with E-state index in [0.29, 0.717) is 0 Å². The summed E-state index contributed by atoms with van der Waals surface area (Å²) in [6.07, 6.45) is 3.21. The molecule has 0 spiro atoms. The van der Waals surface area contributed by atoms with Crippen molar-refractivity contribution in [2.45, 2.75) is 45.2 Å². The van der Waals surface area contributed by atoms with Gasteiger partial charge >= 0.3 is 0 Å². The van der Waals surface area contributed by atoms with E-state index in [1.165, 1.54) is 11.1 Å². The molecule has 2 rings (SSSR count). The Labute approximate surface area is 120 Å². The summed E-state index contributed by atoms with van der Waals surface area (Å²) in [5.41, 5.74) is 8.07. The number of primary amides is 1. The molecule has 1 aliphatic rings. The van der Waals surface area contributed by atoms with E-state index in [1.54, 1.807) is 7.11 Å². The van der Waals surface area contributed by atoms with Crippen molar-refractivity contribution in [2.24, 2.45) is 11.7 Å². The lowest BCUT2D eigenvalue weighted by atomic mass is 9.86. The zero-order valence-corrected chi connectivity index (χ0v) is 12.5. The highest BCUT2D eigenvalue weighted by molar-refractivity contribution is 5.80. The molecule has 3 N–H and O–H groups in total. The lowest BCUT2D eigenvalue weighted by Gasteiger charge is -2.31. The summed E-state index contributed by atoms with van der Waals surface area (Å²) in [5.74, 6) is 0.802. The number of carbonyl (C=O) groups excluding carboxylic acids is 1. The van der Waals surface area contributed by atoms with Gasteiger partial charge in [0.15, 0.2) is 0 Å². The first-order valence-corrected chi connectivity index (χ1v) is 7.25. The number of methoxy groups -OCH3 is 1. The van der Waals surface area contributed by atoms with E-state index in [1.807, 2.05) is 19.9 Å². The highest BCUT2D eigenvalue weighted by Crippen LogP contribution is 2.32. The van der Waals surface area contributed by atoms with E-state index < -0.39 is 0 Å². The molecule has 110 valence electrons. The van der Waals surface area contributed by atoms with Gasteiger partial charge in [-0.1, -0.05) is 19.9 Å². The molecule has 1 aromatic rings. The van der Waals surface area contributed by atoms with E-state index in [9.17, 15) is 4.79 Å². The molecule has 0 heterocycles. The standard InChI is InChI=1S/C16H24N2O2/c1-10(2)15(16(17)19)18-14-6-4-5-11-9-12(20-3)7-8-13(11)14/h7-10,14-15,18H,4-6H2,1-3H3,(H2,17,19). The van der Waals surface area contributed by atoms with Gasteiger partial charge in [-0.25, -0.2) is 0 Å². The number of fused-ring (bicyclic) bond motifs is 1. The normalized spacial score (nSPS) is 19.5. The van der Waals surface area contributed by atoms with Crippen LogP contribution in [0, 0.1) is 5.92 Å². The van der Waals surface area contributed by atoms with E-state index in [0.717, 1.165) is 25.0 Å². The first-order valence-electron chi connectivity index (χ1n) is 7.25. The maximum absolute atomic E-state index is 11.6. The van der Waals surface area contributed by atoms with E-state index >= 15 is 0 Å². The number of nitrogens with two attached hydrogens (primary N) is 1. The van der Waals surface area contributed by atoms with Crippen LogP contribution in [0.15, 0.2) is 18.2 Å². The molecule has 0 bridgehead atoms. The van der Waals surface area contributed by atoms with E-state index in [2.05, 4.69) is 17.4 Å². The number of aryl methyl sites for hydroxylation is 1. The quantitative estimate of drug-likeness (QED) is 0.866. The van der Waals surface area contributed by atoms with E-state index in [-0.39, 0.29) is 23.9 Å². The van der Waals surface area contributed by atoms with Gasteiger partial charge in [-0.05, 0) is 48.4 Å². The van der Waals surface area contributed by atoms with Crippen molar-refractivity contribution in [3.05, 3.63) is 29.3 Å². The maximum Gasteiger partial charge on any atom is 0.234 e. The monoisotopic (exact) mass is 276 g/mol. The minimum Gasteiger partial charge on any atom is -0.497 e. The van der Waals surface area contributed by atoms with Crippen LogP contribution in [0.1, 0.15) is 43.9 Å². The van der Waals surface area contributed by atoms with Crippen LogP contribution in [0.2, 0.25) is 0 Å². The summed E-state index contributed by atoms with van der Waals surface area (Å²) in [5, 5.41) is 3.43. The molecule has 20 heavy (non-hydrogen) atoms. The fraction of sp³-hybridized carbons (Fsp3) is 0.562. The van der Waals surface area contributed by atoms with E-state index in [4.69, 9.17) is 10.5 Å². The molecule has 4 heteroatoms. The summed E-state index contributed by atoms with van der Waals surface area (Å²) in [4.78, 5) is 11.6.